The molecule has 1 atom stereocenters. The molecule has 0 fully saturated rings. The summed E-state index contributed by atoms with van der Waals surface area (Å²) in [5.41, 5.74) is 3.19. The van der Waals surface area contributed by atoms with Crippen LogP contribution in [-0.2, 0) is 6.54 Å². The van der Waals surface area contributed by atoms with Gasteiger partial charge in [-0.25, -0.2) is 4.39 Å². The molecule has 4 aromatic rings. The third-order valence-corrected chi connectivity index (χ3v) is 6.04. The number of aromatic nitrogens is 2. The monoisotopic (exact) mass is 476 g/mol. The van der Waals surface area contributed by atoms with Crippen LogP contribution in [0.4, 0.5) is 4.39 Å². The van der Waals surface area contributed by atoms with Crippen molar-refractivity contribution in [2.24, 2.45) is 0 Å². The number of thiocarbonyl (C=S) groups is 1. The van der Waals surface area contributed by atoms with E-state index in [1.807, 2.05) is 48.2 Å². The van der Waals surface area contributed by atoms with Crippen LogP contribution in [0.25, 0.3) is 17.0 Å². The Hall–Kier alpha value is -3.98. The molecule has 1 aliphatic rings. The van der Waals surface area contributed by atoms with Crippen LogP contribution in [0.2, 0.25) is 0 Å². The number of rotatable bonds is 6. The Balaban J connectivity index is 1.58. The topological polar surface area (TPSA) is 76.6 Å². The van der Waals surface area contributed by atoms with Gasteiger partial charge < -0.3 is 23.9 Å². The van der Waals surface area contributed by atoms with Gasteiger partial charge in [0.1, 0.15) is 17.3 Å². The van der Waals surface area contributed by atoms with Crippen LogP contribution in [-0.4, -0.2) is 27.3 Å². The van der Waals surface area contributed by atoms with Gasteiger partial charge in [0.15, 0.2) is 5.11 Å². The summed E-state index contributed by atoms with van der Waals surface area (Å²) in [5.74, 6) is 1.97. The van der Waals surface area contributed by atoms with Crippen molar-refractivity contribution < 1.29 is 18.1 Å². The van der Waals surface area contributed by atoms with Gasteiger partial charge in [0, 0.05) is 11.3 Å². The van der Waals surface area contributed by atoms with Gasteiger partial charge in [-0.2, -0.15) is 4.98 Å². The fourth-order valence-electron chi connectivity index (χ4n) is 3.90. The van der Waals surface area contributed by atoms with Crippen LogP contribution in [0, 0.1) is 5.82 Å². The zero-order chi connectivity index (χ0) is 23.7. The van der Waals surface area contributed by atoms with Crippen molar-refractivity contribution in [3.63, 3.8) is 0 Å². The van der Waals surface area contributed by atoms with Crippen molar-refractivity contribution in [1.29, 1.82) is 0 Å². The van der Waals surface area contributed by atoms with E-state index in [4.69, 9.17) is 25.9 Å². The second-order valence-electron chi connectivity index (χ2n) is 7.75. The average Bonchev–Trinajstić information content (AvgIpc) is 3.54. The molecule has 3 heterocycles. The van der Waals surface area contributed by atoms with Crippen molar-refractivity contribution >= 4 is 22.9 Å². The van der Waals surface area contributed by atoms with Gasteiger partial charge in [0.05, 0.1) is 31.5 Å². The van der Waals surface area contributed by atoms with Gasteiger partial charge in [-0.1, -0.05) is 17.3 Å². The number of allylic oxidation sites excluding steroid dienone is 1. The lowest BCUT2D eigenvalue weighted by atomic mass is 9.94. The fourth-order valence-corrected chi connectivity index (χ4v) is 4.22. The van der Waals surface area contributed by atoms with E-state index in [0.29, 0.717) is 23.4 Å². The van der Waals surface area contributed by atoms with Crippen LogP contribution >= 0.6 is 12.2 Å². The lowest BCUT2D eigenvalue weighted by Gasteiger charge is -2.37. The molecule has 0 saturated carbocycles. The molecule has 9 heteroatoms. The summed E-state index contributed by atoms with van der Waals surface area (Å²) in [6, 6.07) is 17.0. The van der Waals surface area contributed by atoms with Crippen LogP contribution in [0.5, 0.6) is 5.75 Å². The number of benzene rings is 2. The van der Waals surface area contributed by atoms with Gasteiger partial charge in [-0.3, -0.25) is 0 Å². The molecule has 0 saturated heterocycles. The number of nitrogens with zero attached hydrogens (tertiary/aromatic N) is 3. The minimum Gasteiger partial charge on any atom is -0.497 e. The number of hydrogen-bond donors (Lipinski definition) is 1. The third kappa shape index (κ3) is 4.17. The molecule has 1 unspecified atom stereocenters. The number of nitrogens with one attached hydrogen (secondary N) is 1. The Morgan fingerprint density at radius 2 is 1.88 bits per heavy atom. The average molecular weight is 477 g/mol. The molecule has 172 valence electrons. The van der Waals surface area contributed by atoms with E-state index in [1.54, 1.807) is 25.5 Å². The zero-order valence-corrected chi connectivity index (χ0v) is 19.3. The Kier molecular flexibility index (Phi) is 5.85. The standard InChI is InChI=1S/C25H21FN4O3S/c1-15-21(24-28-23(29-33-24)17-7-11-19(31-2)12-8-17)22(16-5-9-18(26)10-6-16)27-25(34)30(15)14-20-4-3-13-32-20/h3-13,22H,14H2,1-2H3,(H,27,34). The zero-order valence-electron chi connectivity index (χ0n) is 18.5. The summed E-state index contributed by atoms with van der Waals surface area (Å²) in [6.45, 7) is 2.38. The minimum atomic E-state index is -0.398. The molecular formula is C25H21FN4O3S. The highest BCUT2D eigenvalue weighted by molar-refractivity contribution is 7.80. The first-order valence-electron chi connectivity index (χ1n) is 10.6. The summed E-state index contributed by atoms with van der Waals surface area (Å²) >= 11 is 5.67. The number of halogens is 1. The molecule has 1 N–H and O–H groups in total. The van der Waals surface area contributed by atoms with Gasteiger partial charge in [-0.05, 0) is 73.2 Å². The first-order chi connectivity index (χ1) is 16.5. The van der Waals surface area contributed by atoms with E-state index >= 15 is 0 Å². The van der Waals surface area contributed by atoms with Crippen molar-refractivity contribution in [1.82, 2.24) is 20.4 Å². The van der Waals surface area contributed by atoms with E-state index in [9.17, 15) is 4.39 Å². The van der Waals surface area contributed by atoms with Crippen LogP contribution in [0.15, 0.2) is 81.6 Å². The fraction of sp³-hybridized carbons (Fsp3) is 0.160. The van der Waals surface area contributed by atoms with E-state index in [2.05, 4.69) is 15.5 Å². The second kappa shape index (κ2) is 9.11. The summed E-state index contributed by atoms with van der Waals surface area (Å²) in [6.07, 6.45) is 1.62. The summed E-state index contributed by atoms with van der Waals surface area (Å²) in [5, 5.41) is 8.06. The predicted octanol–water partition coefficient (Wildman–Crippen LogP) is 5.34. The molecule has 0 bridgehead atoms. The van der Waals surface area contributed by atoms with Gasteiger partial charge in [0.25, 0.3) is 5.89 Å². The normalized spacial score (nSPS) is 16.0. The summed E-state index contributed by atoms with van der Waals surface area (Å²) in [4.78, 5) is 6.59. The quantitative estimate of drug-likeness (QED) is 0.374. The second-order valence-corrected chi connectivity index (χ2v) is 8.14. The van der Waals surface area contributed by atoms with Gasteiger partial charge >= 0.3 is 0 Å². The number of hydrogen-bond acceptors (Lipinski definition) is 6. The van der Waals surface area contributed by atoms with Crippen LogP contribution in [0.3, 0.4) is 0 Å². The van der Waals surface area contributed by atoms with Crippen molar-refractivity contribution in [3.8, 4) is 17.1 Å². The molecule has 0 aliphatic carbocycles. The lowest BCUT2D eigenvalue weighted by molar-refractivity contribution is 0.382. The van der Waals surface area contributed by atoms with Crippen molar-refractivity contribution in [2.45, 2.75) is 19.5 Å². The Bertz CT molecular complexity index is 1330. The molecule has 1 aliphatic heterocycles. The summed E-state index contributed by atoms with van der Waals surface area (Å²) in [7, 11) is 1.61. The Morgan fingerprint density at radius 1 is 1.12 bits per heavy atom. The molecule has 2 aromatic carbocycles. The highest BCUT2D eigenvalue weighted by Gasteiger charge is 2.34. The smallest absolute Gasteiger partial charge is 0.258 e. The van der Waals surface area contributed by atoms with Crippen LogP contribution in [0.1, 0.15) is 30.2 Å². The number of furan rings is 1. The molecular weight excluding hydrogens is 455 g/mol. The Morgan fingerprint density at radius 3 is 2.56 bits per heavy atom. The molecule has 34 heavy (non-hydrogen) atoms. The SMILES string of the molecule is COc1ccc(-c2noc(C3=C(C)N(Cc4ccco4)C(=S)NC3c3ccc(F)cc3)n2)cc1. The maximum absolute atomic E-state index is 13.6. The van der Waals surface area contributed by atoms with Crippen molar-refractivity contribution in [3.05, 3.63) is 95.7 Å². The van der Waals surface area contributed by atoms with E-state index in [-0.39, 0.29) is 5.82 Å². The molecule has 5 rings (SSSR count). The Labute approximate surface area is 200 Å². The van der Waals surface area contributed by atoms with E-state index in [1.165, 1.54) is 12.1 Å². The molecule has 0 spiro atoms. The predicted molar refractivity (Wildman–Crippen MR) is 128 cm³/mol. The van der Waals surface area contributed by atoms with Gasteiger partial charge in [-0.15, -0.1) is 0 Å². The van der Waals surface area contributed by atoms with E-state index in [0.717, 1.165) is 33.9 Å². The van der Waals surface area contributed by atoms with Crippen molar-refractivity contribution in [2.75, 3.05) is 7.11 Å². The molecule has 7 nitrogen and oxygen atoms in total. The number of ether oxygens (including phenoxy) is 1. The molecule has 0 amide bonds. The number of methoxy groups -OCH3 is 1. The molecule has 0 radical (unpaired) electrons. The van der Waals surface area contributed by atoms with E-state index < -0.39 is 6.04 Å². The largest absolute Gasteiger partial charge is 0.497 e. The highest BCUT2D eigenvalue weighted by atomic mass is 32.1. The summed E-state index contributed by atoms with van der Waals surface area (Å²) < 4.78 is 30.1. The van der Waals surface area contributed by atoms with Gasteiger partial charge in [0.2, 0.25) is 5.82 Å². The maximum Gasteiger partial charge on any atom is 0.258 e. The maximum atomic E-state index is 13.6. The highest BCUT2D eigenvalue weighted by Crippen LogP contribution is 2.38. The first kappa shape index (κ1) is 21.8. The first-order valence-corrected chi connectivity index (χ1v) is 11.0. The third-order valence-electron chi connectivity index (χ3n) is 5.70. The molecule has 2 aromatic heterocycles. The lowest BCUT2D eigenvalue weighted by Crippen LogP contribution is -2.45. The minimum absolute atomic E-state index is 0.316. The van der Waals surface area contributed by atoms with Crippen LogP contribution < -0.4 is 10.1 Å².